The van der Waals surface area contributed by atoms with Gasteiger partial charge in [0, 0.05) is 48.2 Å². The lowest BCUT2D eigenvalue weighted by molar-refractivity contribution is 0.268. The molecule has 0 aliphatic carbocycles. The van der Waals surface area contributed by atoms with Crippen molar-refractivity contribution in [1.82, 2.24) is 14.7 Å². The number of hydrogen-bond donors (Lipinski definition) is 1. The van der Waals surface area contributed by atoms with Gasteiger partial charge in [-0.1, -0.05) is 128 Å². The molecule has 3 aliphatic heterocycles. The Bertz CT molecular complexity index is 2390. The third kappa shape index (κ3) is 10.1. The molecule has 0 amide bonds. The number of nitriles is 1. The molecule has 6 aromatic carbocycles. The van der Waals surface area contributed by atoms with Crippen molar-refractivity contribution in [2.45, 2.75) is 59.7 Å². The predicted octanol–water partition coefficient (Wildman–Crippen LogP) is 12.2. The summed E-state index contributed by atoms with van der Waals surface area (Å²) in [6, 6.07) is 44.8. The van der Waals surface area contributed by atoms with Gasteiger partial charge in [-0.2, -0.15) is 5.26 Å². The monoisotopic (exact) mass is 907 g/mol. The molecule has 0 saturated carbocycles. The number of hydrogen-bond acceptors (Lipinski definition) is 5. The second-order valence-corrected chi connectivity index (χ2v) is 17.4. The molecule has 59 heavy (non-hydrogen) atoms. The molecule has 5 nitrogen and oxygen atoms in total. The first-order valence-corrected chi connectivity index (χ1v) is 22.7. The molecule has 7 heteroatoms. The van der Waals surface area contributed by atoms with Crippen LogP contribution in [0.3, 0.4) is 0 Å². The number of benzene rings is 6. The highest BCUT2D eigenvalue weighted by Gasteiger charge is 2.23. The van der Waals surface area contributed by atoms with Crippen molar-refractivity contribution in [3.8, 4) is 39.4 Å². The number of anilines is 1. The Labute approximate surface area is 368 Å². The smallest absolute Gasteiger partial charge is 0.0991 e. The molecule has 3 heterocycles. The van der Waals surface area contributed by atoms with E-state index < -0.39 is 0 Å². The molecule has 0 fully saturated rings. The lowest BCUT2D eigenvalue weighted by atomic mass is 9.89. The van der Waals surface area contributed by atoms with E-state index in [1.807, 2.05) is 12.1 Å². The molecule has 0 aromatic heterocycles. The number of rotatable bonds is 6. The van der Waals surface area contributed by atoms with Crippen LogP contribution in [0.15, 0.2) is 130 Å². The van der Waals surface area contributed by atoms with Gasteiger partial charge in [-0.25, -0.2) is 0 Å². The molecule has 0 atom stereocenters. The van der Waals surface area contributed by atoms with Crippen LogP contribution >= 0.6 is 31.9 Å². The highest BCUT2D eigenvalue weighted by atomic mass is 79.9. The van der Waals surface area contributed by atoms with Gasteiger partial charge in [0.25, 0.3) is 0 Å². The van der Waals surface area contributed by atoms with Gasteiger partial charge in [-0.15, -0.1) is 0 Å². The normalized spacial score (nSPS) is 15.0. The summed E-state index contributed by atoms with van der Waals surface area (Å²) in [6.07, 6.45) is 3.30. The van der Waals surface area contributed by atoms with Crippen molar-refractivity contribution < 1.29 is 0 Å². The lowest BCUT2D eigenvalue weighted by Crippen LogP contribution is -2.31. The maximum Gasteiger partial charge on any atom is 0.0991 e. The van der Waals surface area contributed by atoms with E-state index in [1.165, 1.54) is 77.8 Å². The Balaban J connectivity index is 0.000000134. The fourth-order valence-corrected chi connectivity index (χ4v) is 9.75. The number of fused-ring (bicyclic) bond motifs is 3. The van der Waals surface area contributed by atoms with Crippen molar-refractivity contribution in [2.75, 3.05) is 45.0 Å². The minimum Gasteiger partial charge on any atom is -0.398 e. The highest BCUT2D eigenvalue weighted by Crippen LogP contribution is 2.39. The number of halogens is 2. The third-order valence-corrected chi connectivity index (χ3v) is 13.2. The standard InChI is InChI=1S/C18H18N2.C17H19BrN2.C17H18BrN/c1-2-20-9-8-17-16(13-20)10-14(12-19)11-18(17)15-6-4-3-5-7-15;1-2-20-9-8-13-14(12-6-4-3-5-7-12)10-16(18)17(19)15(13)11-20;1-2-19-9-8-16-14(12-19)10-15(18)11-17(16)13-6-4-3-5-7-13/h3-7,10-11H,2,8-9,13H2,1H3;3-7,10H,2,8-9,11,19H2,1H3;3-7,10-11H,2,8-9,12H2,1H3. The Morgan fingerprint density at radius 3 is 1.42 bits per heavy atom. The van der Waals surface area contributed by atoms with Crippen LogP contribution in [0.5, 0.6) is 0 Å². The summed E-state index contributed by atoms with van der Waals surface area (Å²) in [4.78, 5) is 7.38. The molecular formula is C52H55Br2N5. The van der Waals surface area contributed by atoms with Gasteiger partial charge in [0.2, 0.25) is 0 Å². The summed E-state index contributed by atoms with van der Waals surface area (Å²) in [5.41, 5.74) is 24.2. The van der Waals surface area contributed by atoms with Crippen molar-refractivity contribution >= 4 is 37.5 Å². The second kappa shape index (κ2) is 20.1. The Morgan fingerprint density at radius 1 is 0.525 bits per heavy atom. The van der Waals surface area contributed by atoms with E-state index in [-0.39, 0.29) is 0 Å². The average Bonchev–Trinajstić information content (AvgIpc) is 3.30. The molecule has 0 unspecified atom stereocenters. The summed E-state index contributed by atoms with van der Waals surface area (Å²) in [6.45, 7) is 16.3. The van der Waals surface area contributed by atoms with Crippen molar-refractivity contribution in [3.05, 3.63) is 169 Å². The Kier molecular flexibility index (Phi) is 14.5. The molecule has 9 rings (SSSR count). The number of nitrogens with zero attached hydrogens (tertiary/aromatic N) is 4. The van der Waals surface area contributed by atoms with Crippen molar-refractivity contribution in [1.29, 1.82) is 5.26 Å². The van der Waals surface area contributed by atoms with Crippen LogP contribution in [0.1, 0.15) is 59.7 Å². The minimum atomic E-state index is 0.764. The van der Waals surface area contributed by atoms with E-state index in [0.29, 0.717) is 0 Å². The summed E-state index contributed by atoms with van der Waals surface area (Å²) in [7, 11) is 0. The van der Waals surface area contributed by atoms with Crippen LogP contribution in [-0.2, 0) is 38.9 Å². The molecule has 0 bridgehead atoms. The summed E-state index contributed by atoms with van der Waals surface area (Å²) < 4.78 is 2.19. The summed E-state index contributed by atoms with van der Waals surface area (Å²) in [5.74, 6) is 0. The number of nitrogens with two attached hydrogens (primary N) is 1. The van der Waals surface area contributed by atoms with E-state index in [4.69, 9.17) is 5.73 Å². The first-order chi connectivity index (χ1) is 28.8. The van der Waals surface area contributed by atoms with Gasteiger partial charge >= 0.3 is 0 Å². The predicted molar refractivity (Wildman–Crippen MR) is 254 cm³/mol. The van der Waals surface area contributed by atoms with Crippen LogP contribution in [0.4, 0.5) is 5.69 Å². The zero-order valence-corrected chi connectivity index (χ0v) is 37.8. The number of nitrogen functional groups attached to an aromatic ring is 1. The zero-order chi connectivity index (χ0) is 41.3. The molecule has 6 aromatic rings. The fraction of sp³-hybridized carbons (Fsp3) is 0.288. The lowest BCUT2D eigenvalue weighted by Gasteiger charge is -2.30. The van der Waals surface area contributed by atoms with E-state index in [1.54, 1.807) is 0 Å². The fourth-order valence-electron chi connectivity index (χ4n) is 8.78. The van der Waals surface area contributed by atoms with E-state index in [2.05, 4.69) is 183 Å². The number of likely N-dealkylation sites (N-methyl/N-ethyl adjacent to an activating group) is 3. The third-order valence-electron chi connectivity index (χ3n) is 12.1. The van der Waals surface area contributed by atoms with Crippen LogP contribution in [0, 0.1) is 11.3 Å². The van der Waals surface area contributed by atoms with E-state index in [0.717, 1.165) is 87.3 Å². The molecule has 302 valence electrons. The Morgan fingerprint density at radius 2 is 0.949 bits per heavy atom. The highest BCUT2D eigenvalue weighted by molar-refractivity contribution is 9.10. The SMILES string of the molecule is CCN1CCc2c(-c3ccccc3)cc(Br)c(N)c2C1.CCN1CCc2c(cc(Br)cc2-c2ccccc2)C1.CCN1CCc2c(cc(C#N)cc2-c2ccccc2)C1. The molecule has 0 saturated heterocycles. The molecule has 2 N–H and O–H groups in total. The van der Waals surface area contributed by atoms with Gasteiger partial charge in [0.05, 0.1) is 17.3 Å². The largest absolute Gasteiger partial charge is 0.398 e. The van der Waals surface area contributed by atoms with Crippen molar-refractivity contribution in [2.24, 2.45) is 0 Å². The molecule has 0 spiro atoms. The van der Waals surface area contributed by atoms with Gasteiger partial charge in [0.15, 0.2) is 0 Å². The molecule has 0 radical (unpaired) electrons. The topological polar surface area (TPSA) is 59.5 Å². The van der Waals surface area contributed by atoms with Gasteiger partial charge in [-0.3, -0.25) is 14.7 Å². The first-order valence-electron chi connectivity index (χ1n) is 21.1. The van der Waals surface area contributed by atoms with Gasteiger partial charge in [0.1, 0.15) is 0 Å². The van der Waals surface area contributed by atoms with Crippen LogP contribution < -0.4 is 5.73 Å². The zero-order valence-electron chi connectivity index (χ0n) is 34.7. The van der Waals surface area contributed by atoms with Gasteiger partial charge < -0.3 is 5.73 Å². The van der Waals surface area contributed by atoms with E-state index >= 15 is 0 Å². The average molecular weight is 910 g/mol. The minimum absolute atomic E-state index is 0.764. The van der Waals surface area contributed by atoms with Crippen LogP contribution in [0.2, 0.25) is 0 Å². The maximum absolute atomic E-state index is 9.27. The first kappa shape index (κ1) is 42.6. The second-order valence-electron chi connectivity index (χ2n) is 15.6. The summed E-state index contributed by atoms with van der Waals surface area (Å²) >= 11 is 7.28. The van der Waals surface area contributed by atoms with Crippen LogP contribution in [-0.4, -0.2) is 54.0 Å². The van der Waals surface area contributed by atoms with Crippen LogP contribution in [0.25, 0.3) is 33.4 Å². The van der Waals surface area contributed by atoms with E-state index in [9.17, 15) is 5.26 Å². The Hall–Kier alpha value is -4.55. The maximum atomic E-state index is 9.27. The molecule has 3 aliphatic rings. The summed E-state index contributed by atoms with van der Waals surface area (Å²) in [5, 5.41) is 9.27. The quantitative estimate of drug-likeness (QED) is 0.169. The molecular weight excluding hydrogens is 854 g/mol. The van der Waals surface area contributed by atoms with Crippen molar-refractivity contribution in [3.63, 3.8) is 0 Å². The van der Waals surface area contributed by atoms with Gasteiger partial charge in [-0.05, 0) is 152 Å².